The zero-order chi connectivity index (χ0) is 12.4. The minimum absolute atomic E-state index is 0.107. The molecule has 0 aliphatic carbocycles. The summed E-state index contributed by atoms with van der Waals surface area (Å²) in [5.74, 6) is 0.738. The fourth-order valence-electron chi connectivity index (χ4n) is 2.47. The Bertz CT molecular complexity index is 464. The molecule has 1 saturated heterocycles. The molecule has 17 heavy (non-hydrogen) atoms. The van der Waals surface area contributed by atoms with E-state index in [0.29, 0.717) is 5.56 Å². The molecule has 90 valence electrons. The first-order valence-electron chi connectivity index (χ1n) is 5.93. The van der Waals surface area contributed by atoms with Crippen LogP contribution in [0.15, 0.2) is 6.07 Å². The van der Waals surface area contributed by atoms with Crippen LogP contribution in [0.3, 0.4) is 0 Å². The van der Waals surface area contributed by atoms with Crippen LogP contribution in [0.5, 0.6) is 0 Å². The normalized spacial score (nSPS) is 19.4. The van der Waals surface area contributed by atoms with E-state index in [-0.39, 0.29) is 12.6 Å². The van der Waals surface area contributed by atoms with E-state index in [1.54, 1.807) is 0 Å². The Morgan fingerprint density at radius 2 is 2.35 bits per heavy atom. The summed E-state index contributed by atoms with van der Waals surface area (Å²) in [4.78, 5) is 6.55. The van der Waals surface area contributed by atoms with Crippen molar-refractivity contribution in [2.45, 2.75) is 32.7 Å². The molecule has 1 aliphatic rings. The van der Waals surface area contributed by atoms with Crippen molar-refractivity contribution < 1.29 is 5.11 Å². The number of hydrogen-bond acceptors (Lipinski definition) is 4. The molecule has 0 saturated carbocycles. The lowest BCUT2D eigenvalue weighted by atomic mass is 10.1. The number of aliphatic hydroxyl groups is 1. The molecule has 0 radical (unpaired) electrons. The Labute approximate surface area is 102 Å². The van der Waals surface area contributed by atoms with Gasteiger partial charge in [-0.2, -0.15) is 5.26 Å². The van der Waals surface area contributed by atoms with Gasteiger partial charge in [-0.05, 0) is 38.3 Å². The maximum Gasteiger partial charge on any atom is 0.147 e. The largest absolute Gasteiger partial charge is 0.394 e. The van der Waals surface area contributed by atoms with Crippen LogP contribution in [0.4, 0.5) is 5.82 Å². The smallest absolute Gasteiger partial charge is 0.147 e. The van der Waals surface area contributed by atoms with Gasteiger partial charge in [0, 0.05) is 12.2 Å². The Hall–Kier alpha value is -1.60. The average molecular weight is 231 g/mol. The number of aryl methyl sites for hydroxylation is 2. The zero-order valence-corrected chi connectivity index (χ0v) is 10.3. The molecule has 1 fully saturated rings. The van der Waals surface area contributed by atoms with Crippen LogP contribution in [-0.2, 0) is 0 Å². The highest BCUT2D eigenvalue weighted by atomic mass is 16.3. The van der Waals surface area contributed by atoms with E-state index < -0.39 is 0 Å². The van der Waals surface area contributed by atoms with Crippen molar-refractivity contribution in [3.05, 3.63) is 22.9 Å². The Kier molecular flexibility index (Phi) is 3.30. The minimum atomic E-state index is 0.107. The number of pyridine rings is 1. The molecule has 1 aromatic heterocycles. The first kappa shape index (κ1) is 11.9. The number of rotatable bonds is 2. The fraction of sp³-hybridized carbons (Fsp3) is 0.538. The highest BCUT2D eigenvalue weighted by Gasteiger charge is 2.27. The van der Waals surface area contributed by atoms with Gasteiger partial charge in [0.1, 0.15) is 11.9 Å². The first-order chi connectivity index (χ1) is 8.17. The van der Waals surface area contributed by atoms with Gasteiger partial charge in [0.05, 0.1) is 18.2 Å². The topological polar surface area (TPSA) is 60.2 Å². The number of anilines is 1. The van der Waals surface area contributed by atoms with E-state index in [2.05, 4.69) is 16.0 Å². The summed E-state index contributed by atoms with van der Waals surface area (Å²) >= 11 is 0. The number of nitrogens with zero attached hydrogens (tertiary/aromatic N) is 3. The lowest BCUT2D eigenvalue weighted by Gasteiger charge is -2.25. The van der Waals surface area contributed by atoms with E-state index in [1.165, 1.54) is 0 Å². The summed E-state index contributed by atoms with van der Waals surface area (Å²) in [6.07, 6.45) is 2.01. The third-order valence-corrected chi connectivity index (χ3v) is 3.30. The van der Waals surface area contributed by atoms with E-state index in [0.717, 1.165) is 36.5 Å². The Morgan fingerprint density at radius 1 is 1.59 bits per heavy atom. The molecule has 1 aliphatic heterocycles. The molecule has 0 spiro atoms. The van der Waals surface area contributed by atoms with Gasteiger partial charge in [0.25, 0.3) is 0 Å². The number of aromatic nitrogens is 1. The summed E-state index contributed by atoms with van der Waals surface area (Å²) in [5, 5.41) is 18.6. The van der Waals surface area contributed by atoms with Crippen molar-refractivity contribution >= 4 is 5.82 Å². The summed E-state index contributed by atoms with van der Waals surface area (Å²) in [5.41, 5.74) is 2.51. The predicted octanol–water partition coefficient (Wildman–Crippen LogP) is 1.53. The van der Waals surface area contributed by atoms with Gasteiger partial charge in [0.2, 0.25) is 0 Å². The molecule has 1 aromatic rings. The van der Waals surface area contributed by atoms with E-state index >= 15 is 0 Å². The molecule has 0 amide bonds. The van der Waals surface area contributed by atoms with Crippen LogP contribution in [0.25, 0.3) is 0 Å². The van der Waals surface area contributed by atoms with E-state index in [9.17, 15) is 10.4 Å². The first-order valence-corrected chi connectivity index (χ1v) is 5.93. The zero-order valence-electron chi connectivity index (χ0n) is 10.3. The van der Waals surface area contributed by atoms with Crippen LogP contribution in [0, 0.1) is 25.2 Å². The summed E-state index contributed by atoms with van der Waals surface area (Å²) in [7, 11) is 0. The van der Waals surface area contributed by atoms with Crippen molar-refractivity contribution in [3.8, 4) is 6.07 Å². The quantitative estimate of drug-likeness (QED) is 0.838. The van der Waals surface area contributed by atoms with Crippen molar-refractivity contribution in [2.75, 3.05) is 18.1 Å². The number of aliphatic hydroxyl groups excluding tert-OH is 1. The maximum absolute atomic E-state index is 9.35. The maximum atomic E-state index is 9.35. The van der Waals surface area contributed by atoms with Crippen molar-refractivity contribution in [1.82, 2.24) is 4.98 Å². The molecule has 2 heterocycles. The third kappa shape index (κ3) is 2.11. The standard InChI is InChI=1S/C13H17N3O/c1-9-6-10(2)15-13(12(9)7-14)16-5-3-4-11(16)8-17/h6,11,17H,3-5,8H2,1-2H3. The summed E-state index contributed by atoms with van der Waals surface area (Å²) < 4.78 is 0. The van der Waals surface area contributed by atoms with Gasteiger partial charge in [-0.3, -0.25) is 0 Å². The molecule has 4 nitrogen and oxygen atoms in total. The fourth-order valence-corrected chi connectivity index (χ4v) is 2.47. The lowest BCUT2D eigenvalue weighted by molar-refractivity contribution is 0.266. The minimum Gasteiger partial charge on any atom is -0.394 e. The Morgan fingerprint density at radius 3 is 3.00 bits per heavy atom. The van der Waals surface area contributed by atoms with Crippen LogP contribution in [-0.4, -0.2) is 29.3 Å². The summed E-state index contributed by atoms with van der Waals surface area (Å²) in [6.45, 7) is 4.86. The van der Waals surface area contributed by atoms with Gasteiger partial charge in [-0.25, -0.2) is 4.98 Å². The van der Waals surface area contributed by atoms with E-state index in [1.807, 2.05) is 19.9 Å². The van der Waals surface area contributed by atoms with Gasteiger partial charge < -0.3 is 10.0 Å². The van der Waals surface area contributed by atoms with Crippen molar-refractivity contribution in [1.29, 1.82) is 5.26 Å². The van der Waals surface area contributed by atoms with Gasteiger partial charge in [-0.1, -0.05) is 0 Å². The molecule has 1 N–H and O–H groups in total. The van der Waals surface area contributed by atoms with Crippen molar-refractivity contribution in [2.24, 2.45) is 0 Å². The SMILES string of the molecule is Cc1cc(C)c(C#N)c(N2CCCC2CO)n1. The van der Waals surface area contributed by atoms with Crippen LogP contribution < -0.4 is 4.90 Å². The predicted molar refractivity (Wildman–Crippen MR) is 65.9 cm³/mol. The molecular formula is C13H17N3O. The second-order valence-corrected chi connectivity index (χ2v) is 4.56. The number of nitriles is 1. The highest BCUT2D eigenvalue weighted by Crippen LogP contribution is 2.28. The molecule has 1 atom stereocenters. The van der Waals surface area contributed by atoms with Gasteiger partial charge in [0.15, 0.2) is 0 Å². The molecular weight excluding hydrogens is 214 g/mol. The van der Waals surface area contributed by atoms with Crippen molar-refractivity contribution in [3.63, 3.8) is 0 Å². The van der Waals surface area contributed by atoms with Gasteiger partial charge >= 0.3 is 0 Å². The molecule has 1 unspecified atom stereocenters. The monoisotopic (exact) mass is 231 g/mol. The Balaban J connectivity index is 2.47. The molecule has 4 heteroatoms. The average Bonchev–Trinajstić information content (AvgIpc) is 2.75. The third-order valence-electron chi connectivity index (χ3n) is 3.30. The molecule has 0 bridgehead atoms. The molecule has 2 rings (SSSR count). The van der Waals surface area contributed by atoms with Crippen LogP contribution >= 0.6 is 0 Å². The number of hydrogen-bond donors (Lipinski definition) is 1. The second-order valence-electron chi connectivity index (χ2n) is 4.56. The summed E-state index contributed by atoms with van der Waals surface area (Å²) in [6, 6.07) is 4.26. The highest BCUT2D eigenvalue weighted by molar-refractivity contribution is 5.59. The second kappa shape index (κ2) is 4.72. The lowest BCUT2D eigenvalue weighted by Crippen LogP contribution is -2.33. The van der Waals surface area contributed by atoms with E-state index in [4.69, 9.17) is 0 Å². The van der Waals surface area contributed by atoms with Gasteiger partial charge in [-0.15, -0.1) is 0 Å². The van der Waals surface area contributed by atoms with Crippen LogP contribution in [0.1, 0.15) is 29.7 Å². The molecule has 0 aromatic carbocycles. The van der Waals surface area contributed by atoms with Crippen LogP contribution in [0.2, 0.25) is 0 Å².